The number of rotatable bonds is 3. The van der Waals surface area contributed by atoms with Gasteiger partial charge in [-0.25, -0.2) is 4.21 Å². The normalized spacial score (nSPS) is 14.6. The predicted molar refractivity (Wildman–Crippen MR) is 75.8 cm³/mol. The summed E-state index contributed by atoms with van der Waals surface area (Å²) >= 11 is 1.30. The van der Waals surface area contributed by atoms with Crippen LogP contribution in [-0.4, -0.2) is 19.6 Å². The van der Waals surface area contributed by atoms with Gasteiger partial charge in [-0.05, 0) is 34.6 Å². The second-order valence-corrected chi connectivity index (χ2v) is 8.01. The molecule has 0 fully saturated rings. The van der Waals surface area contributed by atoms with E-state index in [1.807, 2.05) is 20.8 Å². The Morgan fingerprint density at radius 3 is 2.44 bits per heavy atom. The molecule has 0 aliphatic carbocycles. The van der Waals surface area contributed by atoms with Crippen LogP contribution in [0.5, 0.6) is 0 Å². The molecule has 0 spiro atoms. The molecule has 1 rings (SSSR count). The van der Waals surface area contributed by atoms with E-state index < -0.39 is 20.7 Å². The quantitative estimate of drug-likeness (QED) is 0.487. The maximum absolute atomic E-state index is 11.9. The average Bonchev–Trinajstić information content (AvgIpc) is 2.58. The Kier molecular flexibility index (Phi) is 4.39. The maximum atomic E-state index is 11.9. The van der Waals surface area contributed by atoms with Crippen LogP contribution in [-0.2, 0) is 11.0 Å². The second-order valence-electron chi connectivity index (χ2n) is 4.85. The Balaban J connectivity index is 3.09. The maximum Gasteiger partial charge on any atom is 0.283 e. The van der Waals surface area contributed by atoms with Crippen molar-refractivity contribution in [3.05, 3.63) is 25.9 Å². The molecule has 100 valence electrons. The van der Waals surface area contributed by atoms with Gasteiger partial charge in [-0.2, -0.15) is 4.40 Å². The fourth-order valence-electron chi connectivity index (χ4n) is 1.14. The van der Waals surface area contributed by atoms with Gasteiger partial charge in [0.2, 0.25) is 0 Å². The lowest BCUT2D eigenvalue weighted by molar-refractivity contribution is -0.385. The van der Waals surface area contributed by atoms with Crippen LogP contribution in [0.25, 0.3) is 0 Å². The zero-order valence-corrected chi connectivity index (χ0v) is 12.6. The van der Waals surface area contributed by atoms with Crippen molar-refractivity contribution in [3.63, 3.8) is 0 Å². The summed E-state index contributed by atoms with van der Waals surface area (Å²) in [4.78, 5) is 11.7. The monoisotopic (exact) mass is 288 g/mol. The Hall–Kier alpha value is -1.08. The molecule has 0 aliphatic heterocycles. The number of hydrogen-bond donors (Lipinski definition) is 0. The van der Waals surface area contributed by atoms with E-state index in [-0.39, 0.29) is 5.69 Å². The Labute approximate surface area is 113 Å². The molecule has 0 aliphatic rings. The lowest BCUT2D eigenvalue weighted by Crippen LogP contribution is -2.20. The molecule has 0 amide bonds. The molecule has 1 aromatic heterocycles. The van der Waals surface area contributed by atoms with E-state index in [2.05, 4.69) is 4.40 Å². The van der Waals surface area contributed by atoms with Crippen LogP contribution >= 0.6 is 11.3 Å². The molecule has 0 saturated heterocycles. The van der Waals surface area contributed by atoms with Crippen molar-refractivity contribution in [2.24, 2.45) is 4.40 Å². The summed E-state index contributed by atoms with van der Waals surface area (Å²) < 4.78 is 15.5. The molecule has 1 heterocycles. The van der Waals surface area contributed by atoms with E-state index >= 15 is 0 Å². The Morgan fingerprint density at radius 2 is 2.06 bits per heavy atom. The van der Waals surface area contributed by atoms with Gasteiger partial charge >= 0.3 is 0 Å². The SMILES string of the molecule is CC(=N[S@](=O)C(C)(C)C)c1cc([N+](=O)[O-])c(C)s1. The van der Waals surface area contributed by atoms with E-state index in [0.29, 0.717) is 15.5 Å². The largest absolute Gasteiger partial charge is 0.283 e. The van der Waals surface area contributed by atoms with Gasteiger partial charge in [-0.15, -0.1) is 11.3 Å². The van der Waals surface area contributed by atoms with Crippen molar-refractivity contribution in [1.82, 2.24) is 0 Å². The molecule has 7 heteroatoms. The van der Waals surface area contributed by atoms with Crippen LogP contribution < -0.4 is 0 Å². The van der Waals surface area contributed by atoms with E-state index in [0.717, 1.165) is 0 Å². The fraction of sp³-hybridized carbons (Fsp3) is 0.545. The highest BCUT2D eigenvalue weighted by molar-refractivity contribution is 7.85. The minimum atomic E-state index is -1.35. The van der Waals surface area contributed by atoms with Crippen LogP contribution in [0.1, 0.15) is 37.4 Å². The molecule has 0 saturated carbocycles. The minimum absolute atomic E-state index is 0.0890. The van der Waals surface area contributed by atoms with E-state index in [1.54, 1.807) is 13.8 Å². The number of hydrogen-bond acceptors (Lipinski definition) is 4. The zero-order chi connectivity index (χ0) is 14.1. The van der Waals surface area contributed by atoms with Crippen molar-refractivity contribution in [2.75, 3.05) is 0 Å². The summed E-state index contributed by atoms with van der Waals surface area (Å²) in [5.74, 6) is 0. The van der Waals surface area contributed by atoms with Gasteiger partial charge in [0.25, 0.3) is 5.69 Å². The first kappa shape index (κ1) is 15.0. The third kappa shape index (κ3) is 3.46. The lowest BCUT2D eigenvalue weighted by Gasteiger charge is -2.13. The molecule has 1 aromatic rings. The molecule has 0 unspecified atom stereocenters. The van der Waals surface area contributed by atoms with Crippen molar-refractivity contribution >= 4 is 33.7 Å². The molecule has 5 nitrogen and oxygen atoms in total. The molecule has 0 bridgehead atoms. The third-order valence-electron chi connectivity index (χ3n) is 2.19. The average molecular weight is 288 g/mol. The molecule has 0 aromatic carbocycles. The first-order valence-corrected chi connectivity index (χ1v) is 7.27. The van der Waals surface area contributed by atoms with Crippen molar-refractivity contribution in [3.8, 4) is 0 Å². The van der Waals surface area contributed by atoms with E-state index in [9.17, 15) is 14.3 Å². The third-order valence-corrected chi connectivity index (χ3v) is 4.82. The van der Waals surface area contributed by atoms with Gasteiger partial charge < -0.3 is 0 Å². The van der Waals surface area contributed by atoms with E-state index in [1.165, 1.54) is 17.4 Å². The van der Waals surface area contributed by atoms with Gasteiger partial charge in [0.15, 0.2) is 0 Å². The van der Waals surface area contributed by atoms with Crippen LogP contribution in [0.4, 0.5) is 5.69 Å². The number of thiophene rings is 1. The number of nitrogens with zero attached hydrogens (tertiary/aromatic N) is 2. The van der Waals surface area contributed by atoms with Gasteiger partial charge in [0, 0.05) is 6.07 Å². The zero-order valence-electron chi connectivity index (χ0n) is 11.0. The second kappa shape index (κ2) is 5.27. The number of nitro groups is 1. The molecule has 18 heavy (non-hydrogen) atoms. The van der Waals surface area contributed by atoms with Crippen molar-refractivity contribution in [2.45, 2.75) is 39.4 Å². The van der Waals surface area contributed by atoms with Crippen LogP contribution in [0.15, 0.2) is 10.5 Å². The molecule has 0 radical (unpaired) electrons. The van der Waals surface area contributed by atoms with E-state index in [4.69, 9.17) is 0 Å². The summed E-state index contributed by atoms with van der Waals surface area (Å²) in [7, 11) is -1.35. The molecular formula is C11H16N2O3S2. The highest BCUT2D eigenvalue weighted by Gasteiger charge is 2.21. The summed E-state index contributed by atoms with van der Waals surface area (Å²) in [5.41, 5.74) is 0.663. The smallest absolute Gasteiger partial charge is 0.258 e. The topological polar surface area (TPSA) is 72.6 Å². The first-order valence-electron chi connectivity index (χ1n) is 5.35. The summed E-state index contributed by atoms with van der Waals surface area (Å²) in [6.45, 7) is 8.92. The molecule has 1 atom stereocenters. The Morgan fingerprint density at radius 1 is 1.50 bits per heavy atom. The van der Waals surface area contributed by atoms with Gasteiger partial charge in [-0.1, -0.05) is 0 Å². The summed E-state index contributed by atoms with van der Waals surface area (Å²) in [6.07, 6.45) is 0. The van der Waals surface area contributed by atoms with Crippen LogP contribution in [0.3, 0.4) is 0 Å². The van der Waals surface area contributed by atoms with Crippen LogP contribution in [0, 0.1) is 17.0 Å². The number of aryl methyl sites for hydroxylation is 1. The fourth-order valence-corrected chi connectivity index (χ4v) is 2.75. The van der Waals surface area contributed by atoms with Crippen molar-refractivity contribution in [1.29, 1.82) is 0 Å². The predicted octanol–water partition coefficient (Wildman–Crippen LogP) is 3.24. The Bertz CT molecular complexity index is 527. The first-order chi connectivity index (χ1) is 8.12. The lowest BCUT2D eigenvalue weighted by atomic mass is 10.3. The molecular weight excluding hydrogens is 272 g/mol. The standard InChI is InChI=1S/C11H16N2O3S2/c1-7(12-18(16)11(3,4)5)10-6-9(13(14)15)8(2)17-10/h6H,1-5H3/t18-/m1/s1. The van der Waals surface area contributed by atoms with Gasteiger partial charge in [-0.3, -0.25) is 10.1 Å². The summed E-state index contributed by atoms with van der Waals surface area (Å²) in [5, 5.41) is 10.8. The highest BCUT2D eigenvalue weighted by atomic mass is 32.2. The van der Waals surface area contributed by atoms with Crippen molar-refractivity contribution < 1.29 is 9.13 Å². The molecule has 0 N–H and O–H groups in total. The minimum Gasteiger partial charge on any atom is -0.258 e. The van der Waals surface area contributed by atoms with Gasteiger partial charge in [0.05, 0.1) is 25.1 Å². The highest BCUT2D eigenvalue weighted by Crippen LogP contribution is 2.29. The summed E-state index contributed by atoms with van der Waals surface area (Å²) in [6, 6.07) is 1.48. The van der Waals surface area contributed by atoms with Gasteiger partial charge in [0.1, 0.15) is 11.0 Å². The van der Waals surface area contributed by atoms with Crippen LogP contribution in [0.2, 0.25) is 0 Å².